The van der Waals surface area contributed by atoms with E-state index in [1.54, 1.807) is 0 Å². The van der Waals surface area contributed by atoms with Crippen molar-refractivity contribution in [3.8, 4) is 0 Å². The number of aryl methyl sites for hydroxylation is 2. The molecule has 1 saturated heterocycles. The molecule has 1 aliphatic rings. The minimum absolute atomic E-state index is 0.686. The fraction of sp³-hybridized carbons (Fsp3) is 0.727. The molecule has 1 aromatic rings. The van der Waals surface area contributed by atoms with Crippen molar-refractivity contribution >= 4 is 11.3 Å². The van der Waals surface area contributed by atoms with Gasteiger partial charge in [0.05, 0.1) is 10.7 Å². The van der Waals surface area contributed by atoms with Gasteiger partial charge in [-0.1, -0.05) is 13.8 Å². The van der Waals surface area contributed by atoms with Gasteiger partial charge in [-0.3, -0.25) is 0 Å². The highest BCUT2D eigenvalue weighted by atomic mass is 32.1. The van der Waals surface area contributed by atoms with E-state index in [1.807, 2.05) is 11.3 Å². The van der Waals surface area contributed by atoms with Gasteiger partial charge in [-0.15, -0.1) is 11.3 Å². The van der Waals surface area contributed by atoms with Gasteiger partial charge in [0, 0.05) is 17.3 Å². The zero-order valence-corrected chi connectivity index (χ0v) is 9.78. The predicted molar refractivity (Wildman–Crippen MR) is 61.1 cm³/mol. The molecule has 0 bridgehead atoms. The van der Waals surface area contributed by atoms with E-state index in [1.165, 1.54) is 22.0 Å². The number of rotatable bonds is 3. The summed E-state index contributed by atoms with van der Waals surface area (Å²) in [5.41, 5.74) is 1.33. The maximum absolute atomic E-state index is 4.76. The Kier molecular flexibility index (Phi) is 3.19. The molecule has 1 atom stereocenters. The van der Waals surface area contributed by atoms with E-state index in [0.717, 1.165) is 25.9 Å². The molecule has 0 aromatic carbocycles. The summed E-state index contributed by atoms with van der Waals surface area (Å²) in [6.07, 6.45) is 3.49. The van der Waals surface area contributed by atoms with Crippen LogP contribution in [0.4, 0.5) is 0 Å². The van der Waals surface area contributed by atoms with E-state index in [4.69, 9.17) is 4.98 Å². The van der Waals surface area contributed by atoms with Crippen molar-refractivity contribution < 1.29 is 0 Å². The Labute approximate surface area is 89.8 Å². The van der Waals surface area contributed by atoms with E-state index >= 15 is 0 Å². The Balaban J connectivity index is 2.21. The van der Waals surface area contributed by atoms with Crippen LogP contribution >= 0.6 is 11.3 Å². The van der Waals surface area contributed by atoms with Crippen LogP contribution in [0.3, 0.4) is 0 Å². The van der Waals surface area contributed by atoms with Gasteiger partial charge in [-0.05, 0) is 25.8 Å². The lowest BCUT2D eigenvalue weighted by molar-refractivity contribution is 0.749. The van der Waals surface area contributed by atoms with Crippen molar-refractivity contribution in [2.24, 2.45) is 0 Å². The summed E-state index contributed by atoms with van der Waals surface area (Å²) in [6.45, 7) is 6.71. The van der Waals surface area contributed by atoms with E-state index in [0.29, 0.717) is 5.92 Å². The SMILES string of the molecule is CCc1nc(C2CCNC2)sc1CC. The van der Waals surface area contributed by atoms with E-state index in [-0.39, 0.29) is 0 Å². The van der Waals surface area contributed by atoms with E-state index < -0.39 is 0 Å². The molecule has 3 heteroatoms. The first-order chi connectivity index (χ1) is 6.85. The highest BCUT2D eigenvalue weighted by Gasteiger charge is 2.21. The molecule has 0 saturated carbocycles. The van der Waals surface area contributed by atoms with Crippen LogP contribution in [0.1, 0.15) is 41.8 Å². The van der Waals surface area contributed by atoms with Crippen LogP contribution in [-0.4, -0.2) is 18.1 Å². The highest BCUT2D eigenvalue weighted by molar-refractivity contribution is 7.11. The Morgan fingerprint density at radius 2 is 2.29 bits per heavy atom. The van der Waals surface area contributed by atoms with Gasteiger partial charge < -0.3 is 5.32 Å². The Morgan fingerprint density at radius 3 is 2.79 bits per heavy atom. The minimum atomic E-state index is 0.686. The topological polar surface area (TPSA) is 24.9 Å². The molecule has 0 amide bonds. The summed E-state index contributed by atoms with van der Waals surface area (Å²) < 4.78 is 0. The molecule has 14 heavy (non-hydrogen) atoms. The molecular weight excluding hydrogens is 192 g/mol. The van der Waals surface area contributed by atoms with E-state index in [2.05, 4.69) is 19.2 Å². The summed E-state index contributed by atoms with van der Waals surface area (Å²) in [5, 5.41) is 4.77. The second-order valence-electron chi connectivity index (χ2n) is 3.82. The van der Waals surface area contributed by atoms with Crippen LogP contribution in [-0.2, 0) is 12.8 Å². The van der Waals surface area contributed by atoms with Crippen molar-refractivity contribution in [3.63, 3.8) is 0 Å². The normalized spacial score (nSPS) is 21.7. The molecule has 1 aliphatic heterocycles. The van der Waals surface area contributed by atoms with Crippen molar-refractivity contribution in [2.75, 3.05) is 13.1 Å². The molecule has 0 aliphatic carbocycles. The van der Waals surface area contributed by atoms with Crippen molar-refractivity contribution in [2.45, 2.75) is 39.0 Å². The lowest BCUT2D eigenvalue weighted by Gasteiger charge is -2.01. The van der Waals surface area contributed by atoms with Crippen molar-refractivity contribution in [1.82, 2.24) is 10.3 Å². The zero-order chi connectivity index (χ0) is 9.97. The molecule has 1 N–H and O–H groups in total. The van der Waals surface area contributed by atoms with Gasteiger partial charge in [-0.25, -0.2) is 4.98 Å². The molecule has 2 rings (SSSR count). The Hall–Kier alpha value is -0.410. The van der Waals surface area contributed by atoms with Gasteiger partial charge >= 0.3 is 0 Å². The van der Waals surface area contributed by atoms with Crippen LogP contribution < -0.4 is 5.32 Å². The van der Waals surface area contributed by atoms with Crippen LogP contribution in [0.25, 0.3) is 0 Å². The molecule has 78 valence electrons. The van der Waals surface area contributed by atoms with Gasteiger partial charge in [0.15, 0.2) is 0 Å². The number of aromatic nitrogens is 1. The summed E-state index contributed by atoms with van der Waals surface area (Å²) >= 11 is 1.93. The number of thiazole rings is 1. The predicted octanol–water partition coefficient (Wildman–Crippen LogP) is 2.34. The largest absolute Gasteiger partial charge is 0.316 e. The number of hydrogen-bond acceptors (Lipinski definition) is 3. The van der Waals surface area contributed by atoms with Crippen LogP contribution in [0, 0.1) is 0 Å². The molecule has 1 aromatic heterocycles. The maximum atomic E-state index is 4.76. The number of nitrogens with zero attached hydrogens (tertiary/aromatic N) is 1. The fourth-order valence-electron chi connectivity index (χ4n) is 2.00. The van der Waals surface area contributed by atoms with Crippen LogP contribution in [0.15, 0.2) is 0 Å². The summed E-state index contributed by atoms with van der Waals surface area (Å²) in [4.78, 5) is 6.25. The van der Waals surface area contributed by atoms with Crippen molar-refractivity contribution in [1.29, 1.82) is 0 Å². The third kappa shape index (κ3) is 1.84. The maximum Gasteiger partial charge on any atom is 0.0975 e. The van der Waals surface area contributed by atoms with Gasteiger partial charge in [0.25, 0.3) is 0 Å². The molecule has 2 heterocycles. The van der Waals surface area contributed by atoms with Crippen LogP contribution in [0.5, 0.6) is 0 Å². The standard InChI is InChI=1S/C11H18N2S/c1-3-9-10(4-2)14-11(13-9)8-5-6-12-7-8/h8,12H,3-7H2,1-2H3. The molecule has 0 radical (unpaired) electrons. The highest BCUT2D eigenvalue weighted by Crippen LogP contribution is 2.29. The molecular formula is C11H18N2S. The van der Waals surface area contributed by atoms with Crippen LogP contribution in [0.2, 0.25) is 0 Å². The summed E-state index contributed by atoms with van der Waals surface area (Å²) in [7, 11) is 0. The van der Waals surface area contributed by atoms with Gasteiger partial charge in [0.2, 0.25) is 0 Å². The Bertz CT molecular complexity index is 279. The number of hydrogen-bond donors (Lipinski definition) is 1. The average molecular weight is 210 g/mol. The smallest absolute Gasteiger partial charge is 0.0975 e. The third-order valence-corrected chi connectivity index (χ3v) is 4.26. The third-order valence-electron chi connectivity index (χ3n) is 2.86. The monoisotopic (exact) mass is 210 g/mol. The lowest BCUT2D eigenvalue weighted by Crippen LogP contribution is -2.07. The fourth-order valence-corrected chi connectivity index (χ4v) is 3.22. The zero-order valence-electron chi connectivity index (χ0n) is 8.97. The van der Waals surface area contributed by atoms with Crippen molar-refractivity contribution in [3.05, 3.63) is 15.6 Å². The molecule has 1 fully saturated rings. The van der Waals surface area contributed by atoms with Gasteiger partial charge in [0.1, 0.15) is 0 Å². The Morgan fingerprint density at radius 1 is 1.43 bits per heavy atom. The lowest BCUT2D eigenvalue weighted by atomic mass is 10.1. The first-order valence-corrected chi connectivity index (χ1v) is 6.36. The molecule has 2 nitrogen and oxygen atoms in total. The second-order valence-corrected chi connectivity index (χ2v) is 4.93. The van der Waals surface area contributed by atoms with E-state index in [9.17, 15) is 0 Å². The molecule has 1 unspecified atom stereocenters. The second kappa shape index (κ2) is 4.41. The first-order valence-electron chi connectivity index (χ1n) is 5.54. The summed E-state index contributed by atoms with van der Waals surface area (Å²) in [5.74, 6) is 0.686. The first kappa shape index (κ1) is 10.1. The average Bonchev–Trinajstić information content (AvgIpc) is 2.85. The van der Waals surface area contributed by atoms with Gasteiger partial charge in [-0.2, -0.15) is 0 Å². The quantitative estimate of drug-likeness (QED) is 0.828. The summed E-state index contributed by atoms with van der Waals surface area (Å²) in [6, 6.07) is 0. The molecule has 0 spiro atoms. The minimum Gasteiger partial charge on any atom is -0.316 e. The number of nitrogens with one attached hydrogen (secondary N) is 1.